The van der Waals surface area contributed by atoms with Crippen LogP contribution in [0, 0.1) is 17.8 Å². The van der Waals surface area contributed by atoms with Gasteiger partial charge in [-0.3, -0.25) is 9.59 Å². The summed E-state index contributed by atoms with van der Waals surface area (Å²) in [5, 5.41) is 12.0. The Kier molecular flexibility index (Phi) is 6.88. The van der Waals surface area contributed by atoms with Crippen molar-refractivity contribution >= 4 is 34.8 Å². The topological polar surface area (TPSA) is 102 Å². The molecular weight excluding hydrogens is 474 g/mol. The fourth-order valence-corrected chi connectivity index (χ4v) is 6.18. The zero-order valence-corrected chi connectivity index (χ0v) is 21.2. The van der Waals surface area contributed by atoms with Gasteiger partial charge >= 0.3 is 6.09 Å². The van der Waals surface area contributed by atoms with Crippen LogP contribution in [-0.2, 0) is 23.8 Å². The van der Waals surface area contributed by atoms with E-state index in [0.29, 0.717) is 24.5 Å². The molecule has 2 aromatic rings. The van der Waals surface area contributed by atoms with Gasteiger partial charge in [0.1, 0.15) is 5.75 Å². The number of rotatable bonds is 6. The van der Waals surface area contributed by atoms with Crippen molar-refractivity contribution in [2.75, 3.05) is 27.4 Å². The zero-order chi connectivity index (χ0) is 26.3. The van der Waals surface area contributed by atoms with Crippen LogP contribution in [0.1, 0.15) is 31.7 Å². The van der Waals surface area contributed by atoms with Gasteiger partial charge in [0.2, 0.25) is 11.8 Å². The second kappa shape index (κ2) is 10.1. The number of fused-ring (bicyclic) bond motifs is 4. The lowest BCUT2D eigenvalue weighted by Gasteiger charge is -2.31. The van der Waals surface area contributed by atoms with E-state index in [2.05, 4.69) is 13.0 Å². The summed E-state index contributed by atoms with van der Waals surface area (Å²) in [6, 6.07) is 11.4. The number of likely N-dealkylation sites (tertiary alicyclic amines) is 1. The standard InChI is InChI=1S/C29H31NO7/c1-16(12-17-9-10-23(31)20-7-5-4-6-19(17)20)8-11-24-25-18(14-35-2)13-21-26(22(25)15-37-24)28(33)30(27(21)32)29(34)36-3/h4-7,9-10,12,21-22,24,26,31H,8,11,13-15H2,1-3H3/b16-12+/t21-,22+,24-,26-/m1/s1. The van der Waals surface area contributed by atoms with Crippen molar-refractivity contribution in [1.29, 1.82) is 0 Å². The molecule has 4 atom stereocenters. The summed E-state index contributed by atoms with van der Waals surface area (Å²) < 4.78 is 16.3. The number of benzene rings is 2. The fraction of sp³-hybridized carbons (Fsp3) is 0.414. The van der Waals surface area contributed by atoms with Crippen molar-refractivity contribution in [3.8, 4) is 5.75 Å². The van der Waals surface area contributed by atoms with Crippen LogP contribution in [0.5, 0.6) is 5.75 Å². The first-order valence-electron chi connectivity index (χ1n) is 12.5. The van der Waals surface area contributed by atoms with Gasteiger partial charge in [-0.15, -0.1) is 0 Å². The highest BCUT2D eigenvalue weighted by molar-refractivity contribution is 6.16. The van der Waals surface area contributed by atoms with Gasteiger partial charge in [-0.25, -0.2) is 4.79 Å². The average Bonchev–Trinajstić information content (AvgIpc) is 3.43. The van der Waals surface area contributed by atoms with E-state index >= 15 is 0 Å². The summed E-state index contributed by atoms with van der Waals surface area (Å²) in [7, 11) is 2.77. The number of imide groups is 3. The molecular formula is C29H31NO7. The number of hydrogen-bond donors (Lipinski definition) is 1. The highest BCUT2D eigenvalue weighted by atomic mass is 16.5. The van der Waals surface area contributed by atoms with Crippen LogP contribution in [0.4, 0.5) is 4.79 Å². The molecule has 5 rings (SSSR count). The van der Waals surface area contributed by atoms with Crippen molar-refractivity contribution in [3.63, 3.8) is 0 Å². The Labute approximate surface area is 215 Å². The van der Waals surface area contributed by atoms with E-state index in [9.17, 15) is 19.5 Å². The Morgan fingerprint density at radius 1 is 1.11 bits per heavy atom. The molecule has 0 aromatic heterocycles. The molecule has 2 heterocycles. The number of carbonyl (C=O) groups excluding carboxylic acids is 3. The van der Waals surface area contributed by atoms with Crippen LogP contribution in [-0.4, -0.2) is 61.5 Å². The number of amides is 3. The second-order valence-electron chi connectivity index (χ2n) is 9.99. The van der Waals surface area contributed by atoms with Gasteiger partial charge in [0.15, 0.2) is 0 Å². The maximum atomic E-state index is 13.1. The number of allylic oxidation sites excluding steroid dienone is 1. The van der Waals surface area contributed by atoms with E-state index in [-0.39, 0.29) is 17.8 Å². The van der Waals surface area contributed by atoms with Gasteiger partial charge in [-0.1, -0.05) is 42.0 Å². The molecule has 0 saturated carbocycles. The summed E-state index contributed by atoms with van der Waals surface area (Å²) in [4.78, 5) is 38.9. The molecule has 1 N–H and O–H groups in total. The first-order valence-corrected chi connectivity index (χ1v) is 12.5. The molecule has 3 aliphatic rings. The lowest BCUT2D eigenvalue weighted by molar-refractivity contribution is -0.137. The highest BCUT2D eigenvalue weighted by Gasteiger charge is 2.58. The predicted molar refractivity (Wildman–Crippen MR) is 136 cm³/mol. The number of phenolic OH excluding ortho intramolecular Hbond substituents is 1. The minimum absolute atomic E-state index is 0.189. The maximum Gasteiger partial charge on any atom is 0.423 e. The minimum Gasteiger partial charge on any atom is -0.507 e. The molecule has 2 aromatic carbocycles. The summed E-state index contributed by atoms with van der Waals surface area (Å²) in [5.74, 6) is -2.22. The quantitative estimate of drug-likeness (QED) is 0.457. The van der Waals surface area contributed by atoms with Crippen LogP contribution in [0.3, 0.4) is 0 Å². The molecule has 0 spiro atoms. The third-order valence-corrected chi connectivity index (χ3v) is 7.82. The largest absolute Gasteiger partial charge is 0.507 e. The van der Waals surface area contributed by atoms with Gasteiger partial charge in [-0.2, -0.15) is 4.90 Å². The maximum absolute atomic E-state index is 13.1. The van der Waals surface area contributed by atoms with Crippen LogP contribution in [0.2, 0.25) is 0 Å². The molecule has 8 nitrogen and oxygen atoms in total. The third kappa shape index (κ3) is 4.34. The predicted octanol–water partition coefficient (Wildman–Crippen LogP) is 4.46. The molecule has 1 aliphatic carbocycles. The molecule has 2 fully saturated rings. The molecule has 0 bridgehead atoms. The Bertz CT molecular complexity index is 1330. The molecule has 2 aliphatic heterocycles. The van der Waals surface area contributed by atoms with Crippen molar-refractivity contribution in [2.45, 2.75) is 32.3 Å². The van der Waals surface area contributed by atoms with Gasteiger partial charge in [0, 0.05) is 18.4 Å². The lowest BCUT2D eigenvalue weighted by Crippen LogP contribution is -2.38. The number of carbonyl (C=O) groups is 3. The number of phenols is 1. The molecule has 8 heteroatoms. The fourth-order valence-electron chi connectivity index (χ4n) is 6.18. The van der Waals surface area contributed by atoms with E-state index in [1.165, 1.54) is 0 Å². The monoisotopic (exact) mass is 505 g/mol. The number of nitrogens with zero attached hydrogens (tertiary/aromatic N) is 1. The molecule has 2 saturated heterocycles. The van der Waals surface area contributed by atoms with E-state index < -0.39 is 29.7 Å². The first kappa shape index (κ1) is 25.2. The molecule has 37 heavy (non-hydrogen) atoms. The van der Waals surface area contributed by atoms with Crippen molar-refractivity contribution < 1.29 is 33.7 Å². The number of hydrogen-bond acceptors (Lipinski definition) is 7. The summed E-state index contributed by atoms with van der Waals surface area (Å²) in [6.07, 6.45) is 2.87. The zero-order valence-electron chi connectivity index (χ0n) is 21.2. The summed E-state index contributed by atoms with van der Waals surface area (Å²) >= 11 is 0. The van der Waals surface area contributed by atoms with Gasteiger partial charge in [0.05, 0.1) is 38.3 Å². The second-order valence-corrected chi connectivity index (χ2v) is 9.99. The van der Waals surface area contributed by atoms with Crippen molar-refractivity contribution in [1.82, 2.24) is 4.90 Å². The Morgan fingerprint density at radius 2 is 1.86 bits per heavy atom. The Balaban J connectivity index is 1.37. The van der Waals surface area contributed by atoms with Crippen LogP contribution >= 0.6 is 0 Å². The minimum atomic E-state index is -0.933. The molecule has 3 amide bonds. The first-order chi connectivity index (χ1) is 17.8. The van der Waals surface area contributed by atoms with Crippen molar-refractivity contribution in [2.24, 2.45) is 17.8 Å². The Morgan fingerprint density at radius 3 is 2.59 bits per heavy atom. The van der Waals surface area contributed by atoms with Crippen LogP contribution < -0.4 is 0 Å². The molecule has 194 valence electrons. The van der Waals surface area contributed by atoms with E-state index in [4.69, 9.17) is 14.2 Å². The lowest BCUT2D eigenvalue weighted by atomic mass is 9.69. The third-order valence-electron chi connectivity index (χ3n) is 7.82. The smallest absolute Gasteiger partial charge is 0.423 e. The normalized spacial score (nSPS) is 25.6. The Hall–Kier alpha value is -3.49. The summed E-state index contributed by atoms with van der Waals surface area (Å²) in [6.45, 7) is 2.75. The van der Waals surface area contributed by atoms with E-state index in [1.807, 2.05) is 30.3 Å². The van der Waals surface area contributed by atoms with E-state index in [0.717, 1.165) is 53.0 Å². The van der Waals surface area contributed by atoms with Gasteiger partial charge < -0.3 is 19.3 Å². The highest BCUT2D eigenvalue weighted by Crippen LogP contribution is 2.50. The van der Waals surface area contributed by atoms with Crippen molar-refractivity contribution in [3.05, 3.63) is 58.7 Å². The van der Waals surface area contributed by atoms with Crippen LogP contribution in [0.15, 0.2) is 53.1 Å². The van der Waals surface area contributed by atoms with Crippen LogP contribution in [0.25, 0.3) is 16.8 Å². The number of methoxy groups -OCH3 is 2. The number of aromatic hydroxyl groups is 1. The summed E-state index contributed by atoms with van der Waals surface area (Å²) in [5.41, 5.74) is 4.22. The molecule has 0 radical (unpaired) electrons. The van der Waals surface area contributed by atoms with Gasteiger partial charge in [-0.05, 0) is 54.3 Å². The molecule has 0 unspecified atom stereocenters. The van der Waals surface area contributed by atoms with Gasteiger partial charge in [0.25, 0.3) is 0 Å². The average molecular weight is 506 g/mol. The number of ether oxygens (including phenoxy) is 3. The SMILES string of the molecule is COCC1=C2[C@@H](CC/C(C)=C/c3ccc(O)c4ccccc34)OC[C@@H]2[C@@H]2C(=O)N(C(=O)OC)C(=O)[C@@H]2C1. The van der Waals surface area contributed by atoms with E-state index in [1.54, 1.807) is 13.2 Å².